The maximum atomic E-state index is 11.6. The number of carbonyl (C=O) groups is 1. The van der Waals surface area contributed by atoms with Crippen LogP contribution in [0.1, 0.15) is 23.2 Å². The molecule has 1 saturated heterocycles. The number of amides is 1. The minimum Gasteiger partial charge on any atom is -0.473 e. The molecule has 1 amide bonds. The van der Waals surface area contributed by atoms with Crippen LogP contribution >= 0.6 is 0 Å². The van der Waals surface area contributed by atoms with Crippen molar-refractivity contribution in [3.63, 3.8) is 0 Å². The SMILES string of the molecule is NC(=O)c1cc(OC2CCCNC2)nc2ccccc12. The second kappa shape index (κ2) is 5.46. The van der Waals surface area contributed by atoms with Gasteiger partial charge in [0.15, 0.2) is 0 Å². The Labute approximate surface area is 117 Å². The Hall–Kier alpha value is -2.14. The van der Waals surface area contributed by atoms with E-state index >= 15 is 0 Å². The van der Waals surface area contributed by atoms with Crippen LogP contribution in [0.15, 0.2) is 30.3 Å². The summed E-state index contributed by atoms with van der Waals surface area (Å²) in [5.41, 5.74) is 6.63. The number of piperidine rings is 1. The second-order valence-corrected chi connectivity index (χ2v) is 4.98. The van der Waals surface area contributed by atoms with Gasteiger partial charge in [-0.2, -0.15) is 0 Å². The fraction of sp³-hybridized carbons (Fsp3) is 0.333. The molecule has 1 unspecified atom stereocenters. The predicted octanol–water partition coefficient (Wildman–Crippen LogP) is 1.46. The summed E-state index contributed by atoms with van der Waals surface area (Å²) >= 11 is 0. The lowest BCUT2D eigenvalue weighted by Gasteiger charge is -2.23. The molecule has 0 radical (unpaired) electrons. The van der Waals surface area contributed by atoms with Crippen LogP contribution in [0.2, 0.25) is 0 Å². The third-order valence-electron chi connectivity index (χ3n) is 3.50. The summed E-state index contributed by atoms with van der Waals surface area (Å²) in [6, 6.07) is 9.08. The van der Waals surface area contributed by atoms with E-state index in [9.17, 15) is 4.79 Å². The van der Waals surface area contributed by atoms with Gasteiger partial charge in [-0.3, -0.25) is 4.79 Å². The lowest BCUT2D eigenvalue weighted by molar-refractivity contribution is 0.100. The number of primary amides is 1. The molecule has 104 valence electrons. The third-order valence-corrected chi connectivity index (χ3v) is 3.50. The third kappa shape index (κ3) is 2.58. The quantitative estimate of drug-likeness (QED) is 0.886. The van der Waals surface area contributed by atoms with Gasteiger partial charge in [-0.15, -0.1) is 0 Å². The number of carbonyl (C=O) groups excluding carboxylic acids is 1. The molecular weight excluding hydrogens is 254 g/mol. The van der Waals surface area contributed by atoms with Crippen molar-refractivity contribution in [1.29, 1.82) is 0 Å². The van der Waals surface area contributed by atoms with Crippen LogP contribution in [0.5, 0.6) is 5.88 Å². The molecule has 1 aliphatic heterocycles. The van der Waals surface area contributed by atoms with Crippen molar-refractivity contribution in [3.8, 4) is 5.88 Å². The van der Waals surface area contributed by atoms with Gasteiger partial charge < -0.3 is 15.8 Å². The molecule has 1 aromatic carbocycles. The van der Waals surface area contributed by atoms with E-state index in [1.807, 2.05) is 24.3 Å². The molecule has 3 N–H and O–H groups in total. The highest BCUT2D eigenvalue weighted by Crippen LogP contribution is 2.23. The largest absolute Gasteiger partial charge is 0.473 e. The van der Waals surface area contributed by atoms with Crippen LogP contribution in [-0.4, -0.2) is 30.1 Å². The van der Waals surface area contributed by atoms with Crippen LogP contribution in [0, 0.1) is 0 Å². The highest BCUT2D eigenvalue weighted by Gasteiger charge is 2.17. The molecule has 1 atom stereocenters. The molecular formula is C15H17N3O2. The number of aromatic nitrogens is 1. The number of hydrogen-bond donors (Lipinski definition) is 2. The summed E-state index contributed by atoms with van der Waals surface area (Å²) < 4.78 is 5.87. The summed E-state index contributed by atoms with van der Waals surface area (Å²) in [5, 5.41) is 4.04. The van der Waals surface area contributed by atoms with E-state index in [1.54, 1.807) is 6.07 Å². The maximum absolute atomic E-state index is 11.6. The molecule has 2 heterocycles. The Morgan fingerprint density at radius 2 is 2.25 bits per heavy atom. The monoisotopic (exact) mass is 271 g/mol. The molecule has 0 bridgehead atoms. The Morgan fingerprint density at radius 3 is 3.00 bits per heavy atom. The fourth-order valence-electron chi connectivity index (χ4n) is 2.51. The van der Waals surface area contributed by atoms with Crippen molar-refractivity contribution in [2.75, 3.05) is 13.1 Å². The molecule has 20 heavy (non-hydrogen) atoms. The molecule has 1 fully saturated rings. The summed E-state index contributed by atoms with van der Waals surface area (Å²) in [7, 11) is 0. The Kier molecular flexibility index (Phi) is 3.52. The van der Waals surface area contributed by atoms with Gasteiger partial charge in [-0.25, -0.2) is 4.98 Å². The number of fused-ring (bicyclic) bond motifs is 1. The lowest BCUT2D eigenvalue weighted by Crippen LogP contribution is -2.37. The van der Waals surface area contributed by atoms with Crippen LogP contribution in [-0.2, 0) is 0 Å². The number of nitrogens with two attached hydrogens (primary N) is 1. The number of rotatable bonds is 3. The van der Waals surface area contributed by atoms with Gasteiger partial charge in [0, 0.05) is 18.0 Å². The van der Waals surface area contributed by atoms with Crippen LogP contribution < -0.4 is 15.8 Å². The molecule has 1 aliphatic rings. The van der Waals surface area contributed by atoms with E-state index in [4.69, 9.17) is 10.5 Å². The maximum Gasteiger partial charge on any atom is 0.249 e. The zero-order valence-corrected chi connectivity index (χ0v) is 11.1. The van der Waals surface area contributed by atoms with Crippen molar-refractivity contribution in [3.05, 3.63) is 35.9 Å². The first-order chi connectivity index (χ1) is 9.74. The molecule has 5 heteroatoms. The summed E-state index contributed by atoms with van der Waals surface area (Å²) in [5.74, 6) is 0.00131. The van der Waals surface area contributed by atoms with E-state index in [-0.39, 0.29) is 6.10 Å². The van der Waals surface area contributed by atoms with E-state index < -0.39 is 5.91 Å². The molecule has 0 aliphatic carbocycles. The van der Waals surface area contributed by atoms with Crippen molar-refractivity contribution >= 4 is 16.8 Å². The van der Waals surface area contributed by atoms with Gasteiger partial charge in [-0.1, -0.05) is 18.2 Å². The van der Waals surface area contributed by atoms with Gasteiger partial charge in [0.1, 0.15) is 6.10 Å². The second-order valence-electron chi connectivity index (χ2n) is 4.98. The van der Waals surface area contributed by atoms with Gasteiger partial charge in [-0.05, 0) is 25.5 Å². The first kappa shape index (κ1) is 12.9. The lowest BCUT2D eigenvalue weighted by atomic mass is 10.1. The molecule has 3 rings (SSSR count). The number of nitrogens with one attached hydrogen (secondary N) is 1. The number of pyridine rings is 1. The smallest absolute Gasteiger partial charge is 0.249 e. The predicted molar refractivity (Wildman–Crippen MR) is 76.8 cm³/mol. The number of benzene rings is 1. The fourth-order valence-corrected chi connectivity index (χ4v) is 2.51. The zero-order valence-electron chi connectivity index (χ0n) is 11.1. The van der Waals surface area contributed by atoms with Crippen LogP contribution in [0.3, 0.4) is 0 Å². The van der Waals surface area contributed by atoms with Gasteiger partial charge in [0.2, 0.25) is 11.8 Å². The van der Waals surface area contributed by atoms with Gasteiger partial charge in [0.05, 0.1) is 11.1 Å². The van der Waals surface area contributed by atoms with Crippen molar-refractivity contribution < 1.29 is 9.53 Å². The summed E-state index contributed by atoms with van der Waals surface area (Å²) in [6.07, 6.45) is 2.17. The molecule has 5 nitrogen and oxygen atoms in total. The van der Waals surface area contributed by atoms with Gasteiger partial charge in [0.25, 0.3) is 0 Å². The van der Waals surface area contributed by atoms with E-state index in [0.717, 1.165) is 36.8 Å². The molecule has 0 saturated carbocycles. The van der Waals surface area contributed by atoms with Crippen molar-refractivity contribution in [1.82, 2.24) is 10.3 Å². The first-order valence-corrected chi connectivity index (χ1v) is 6.81. The first-order valence-electron chi connectivity index (χ1n) is 6.81. The number of hydrogen-bond acceptors (Lipinski definition) is 4. The topological polar surface area (TPSA) is 77.2 Å². The van der Waals surface area contributed by atoms with Crippen LogP contribution in [0.4, 0.5) is 0 Å². The summed E-state index contributed by atoms with van der Waals surface area (Å²) in [6.45, 7) is 1.83. The molecule has 2 aromatic rings. The van der Waals surface area contributed by atoms with Crippen molar-refractivity contribution in [2.24, 2.45) is 5.73 Å². The minimum absolute atomic E-state index is 0.0955. The number of nitrogens with zero attached hydrogens (tertiary/aromatic N) is 1. The normalized spacial score (nSPS) is 18.9. The molecule has 1 aromatic heterocycles. The highest BCUT2D eigenvalue weighted by atomic mass is 16.5. The Bertz CT molecular complexity index is 636. The minimum atomic E-state index is -0.463. The molecule has 0 spiro atoms. The summed E-state index contributed by atoms with van der Waals surface area (Å²) in [4.78, 5) is 16.0. The van der Waals surface area contributed by atoms with E-state index in [2.05, 4.69) is 10.3 Å². The van der Waals surface area contributed by atoms with Crippen molar-refractivity contribution in [2.45, 2.75) is 18.9 Å². The Balaban J connectivity index is 1.96. The number of ether oxygens (including phenoxy) is 1. The average molecular weight is 271 g/mol. The van der Waals surface area contributed by atoms with E-state index in [1.165, 1.54) is 0 Å². The Morgan fingerprint density at radius 1 is 1.40 bits per heavy atom. The van der Waals surface area contributed by atoms with Crippen LogP contribution in [0.25, 0.3) is 10.9 Å². The van der Waals surface area contributed by atoms with E-state index in [0.29, 0.717) is 11.4 Å². The average Bonchev–Trinajstić information content (AvgIpc) is 2.47. The standard InChI is InChI=1S/C15H17N3O2/c16-15(19)12-8-14(20-10-4-3-7-17-9-10)18-13-6-2-1-5-11(12)13/h1-2,5-6,8,10,17H,3-4,7,9H2,(H2,16,19). The van der Waals surface area contributed by atoms with Gasteiger partial charge >= 0.3 is 0 Å². The highest BCUT2D eigenvalue weighted by molar-refractivity contribution is 6.05. The number of para-hydroxylation sites is 1. The zero-order chi connectivity index (χ0) is 13.9.